The Morgan fingerprint density at radius 1 is 1.41 bits per heavy atom. The smallest absolute Gasteiger partial charge is 0.356 e. The highest BCUT2D eigenvalue weighted by atomic mass is 16.5. The van der Waals surface area contributed by atoms with Gasteiger partial charge >= 0.3 is 5.97 Å². The summed E-state index contributed by atoms with van der Waals surface area (Å²) in [6.07, 6.45) is 4.14. The van der Waals surface area contributed by atoms with E-state index in [4.69, 9.17) is 9.84 Å². The number of aromatic nitrogens is 3. The van der Waals surface area contributed by atoms with Crippen molar-refractivity contribution in [1.29, 1.82) is 0 Å². The molecular weight excluding hydrogens is 222 g/mol. The van der Waals surface area contributed by atoms with Crippen LogP contribution in [0.25, 0.3) is 0 Å². The molecule has 0 saturated carbocycles. The van der Waals surface area contributed by atoms with Gasteiger partial charge in [0.15, 0.2) is 11.4 Å². The molecule has 0 radical (unpaired) electrons. The lowest BCUT2D eigenvalue weighted by Crippen LogP contribution is -2.02. The molecule has 0 aromatic carbocycles. The Morgan fingerprint density at radius 2 is 2.24 bits per heavy atom. The van der Waals surface area contributed by atoms with Crippen LogP contribution in [0, 0.1) is 6.92 Å². The molecule has 2 aromatic rings. The van der Waals surface area contributed by atoms with Crippen LogP contribution >= 0.6 is 0 Å². The normalized spacial score (nSPS) is 9.94. The highest BCUT2D eigenvalue weighted by Gasteiger charge is 2.08. The molecule has 86 valence electrons. The van der Waals surface area contributed by atoms with Crippen LogP contribution in [0.15, 0.2) is 30.7 Å². The highest BCUT2D eigenvalue weighted by molar-refractivity contribution is 5.84. The van der Waals surface area contributed by atoms with Crippen LogP contribution in [0.4, 0.5) is 0 Å². The lowest BCUT2D eigenvalue weighted by molar-refractivity contribution is 0.0689. The van der Waals surface area contributed by atoms with Crippen molar-refractivity contribution in [2.75, 3.05) is 0 Å². The van der Waals surface area contributed by atoms with Crippen molar-refractivity contribution in [2.24, 2.45) is 0 Å². The van der Waals surface area contributed by atoms with Gasteiger partial charge in [-0.15, -0.1) is 0 Å². The van der Waals surface area contributed by atoms with Crippen LogP contribution in [0.5, 0.6) is 11.6 Å². The summed E-state index contributed by atoms with van der Waals surface area (Å²) in [4.78, 5) is 22.3. The zero-order chi connectivity index (χ0) is 12.3. The summed E-state index contributed by atoms with van der Waals surface area (Å²) in [6.45, 7) is 1.78. The lowest BCUT2D eigenvalue weighted by Gasteiger charge is -2.06. The van der Waals surface area contributed by atoms with Gasteiger partial charge in [0.25, 0.3) is 0 Å². The molecule has 0 bridgehead atoms. The number of rotatable bonds is 3. The van der Waals surface area contributed by atoms with Gasteiger partial charge in [0.05, 0.1) is 18.1 Å². The number of carboxylic acids is 1. The first-order valence-electron chi connectivity index (χ1n) is 4.81. The first-order chi connectivity index (χ1) is 8.16. The molecule has 0 aliphatic rings. The fraction of sp³-hybridized carbons (Fsp3) is 0.0909. The Labute approximate surface area is 96.9 Å². The van der Waals surface area contributed by atoms with Gasteiger partial charge in [-0.3, -0.25) is 9.97 Å². The number of pyridine rings is 1. The van der Waals surface area contributed by atoms with Crippen LogP contribution in [-0.2, 0) is 0 Å². The molecule has 0 aliphatic heterocycles. The number of hydrogen-bond acceptors (Lipinski definition) is 5. The molecule has 0 fully saturated rings. The van der Waals surface area contributed by atoms with Crippen molar-refractivity contribution >= 4 is 5.97 Å². The van der Waals surface area contributed by atoms with E-state index in [1.165, 1.54) is 6.20 Å². The predicted octanol–water partition coefficient (Wildman–Crippen LogP) is 1.67. The third-order valence-corrected chi connectivity index (χ3v) is 2.00. The summed E-state index contributed by atoms with van der Waals surface area (Å²) in [7, 11) is 0. The summed E-state index contributed by atoms with van der Waals surface area (Å²) in [5.74, 6) is -0.504. The van der Waals surface area contributed by atoms with E-state index >= 15 is 0 Å². The Hall–Kier alpha value is -2.50. The minimum absolute atomic E-state index is 0.126. The maximum absolute atomic E-state index is 10.7. The van der Waals surface area contributed by atoms with Crippen LogP contribution in [-0.4, -0.2) is 26.0 Å². The molecule has 0 atom stereocenters. The van der Waals surface area contributed by atoms with E-state index in [0.29, 0.717) is 11.4 Å². The number of nitrogens with zero attached hydrogens (tertiary/aromatic N) is 3. The number of carbonyl (C=O) groups is 1. The van der Waals surface area contributed by atoms with Crippen molar-refractivity contribution < 1.29 is 14.6 Å². The Balaban J connectivity index is 2.28. The molecular formula is C11H9N3O3. The largest absolute Gasteiger partial charge is 0.476 e. The van der Waals surface area contributed by atoms with Crippen LogP contribution in [0.3, 0.4) is 0 Å². The van der Waals surface area contributed by atoms with Gasteiger partial charge < -0.3 is 9.84 Å². The lowest BCUT2D eigenvalue weighted by atomic mass is 10.3. The SMILES string of the molecule is Cc1ncccc1Oc1cncc(C(=O)O)n1. The minimum Gasteiger partial charge on any atom is -0.476 e. The molecule has 2 aromatic heterocycles. The fourth-order valence-corrected chi connectivity index (χ4v) is 1.19. The summed E-state index contributed by atoms with van der Waals surface area (Å²) >= 11 is 0. The van der Waals surface area contributed by atoms with Crippen molar-refractivity contribution in [1.82, 2.24) is 15.0 Å². The number of carboxylic acid groups (broad SMARTS) is 1. The Bertz CT molecular complexity index is 557. The van der Waals surface area contributed by atoms with E-state index in [2.05, 4.69) is 15.0 Å². The topological polar surface area (TPSA) is 85.2 Å². The molecule has 0 amide bonds. The maximum Gasteiger partial charge on any atom is 0.356 e. The molecule has 1 N–H and O–H groups in total. The number of ether oxygens (including phenoxy) is 1. The maximum atomic E-state index is 10.7. The van der Waals surface area contributed by atoms with Gasteiger partial charge in [-0.25, -0.2) is 9.78 Å². The van der Waals surface area contributed by atoms with Crippen LogP contribution in [0.1, 0.15) is 16.2 Å². The molecule has 6 nitrogen and oxygen atoms in total. The first-order valence-corrected chi connectivity index (χ1v) is 4.81. The van der Waals surface area contributed by atoms with E-state index < -0.39 is 5.97 Å². The van der Waals surface area contributed by atoms with Crippen molar-refractivity contribution in [3.8, 4) is 11.6 Å². The molecule has 17 heavy (non-hydrogen) atoms. The summed E-state index contributed by atoms with van der Waals surface area (Å²) < 4.78 is 5.40. The van der Waals surface area contributed by atoms with E-state index in [0.717, 1.165) is 6.20 Å². The standard InChI is InChI=1S/C11H9N3O3/c1-7-9(3-2-4-13-7)17-10-6-12-5-8(14-10)11(15)16/h2-6H,1H3,(H,15,16). The fourth-order valence-electron chi connectivity index (χ4n) is 1.19. The molecule has 0 aliphatic carbocycles. The van der Waals surface area contributed by atoms with Crippen molar-refractivity contribution in [2.45, 2.75) is 6.92 Å². The van der Waals surface area contributed by atoms with E-state index in [9.17, 15) is 4.79 Å². The van der Waals surface area contributed by atoms with Gasteiger partial charge in [-0.1, -0.05) is 0 Å². The number of hydrogen-bond donors (Lipinski definition) is 1. The highest BCUT2D eigenvalue weighted by Crippen LogP contribution is 2.20. The quantitative estimate of drug-likeness (QED) is 0.864. The average Bonchev–Trinajstić information content (AvgIpc) is 2.32. The zero-order valence-electron chi connectivity index (χ0n) is 8.99. The molecule has 6 heteroatoms. The van der Waals surface area contributed by atoms with Gasteiger partial charge in [0.1, 0.15) is 0 Å². The molecule has 2 rings (SSSR count). The Morgan fingerprint density at radius 3 is 2.94 bits per heavy atom. The predicted molar refractivity (Wildman–Crippen MR) is 58.0 cm³/mol. The second-order valence-corrected chi connectivity index (χ2v) is 3.24. The second-order valence-electron chi connectivity index (χ2n) is 3.24. The van der Waals surface area contributed by atoms with Crippen LogP contribution < -0.4 is 4.74 Å². The summed E-state index contributed by atoms with van der Waals surface area (Å²) in [6, 6.07) is 3.44. The van der Waals surface area contributed by atoms with E-state index in [1.54, 1.807) is 25.3 Å². The van der Waals surface area contributed by atoms with Gasteiger partial charge in [-0.2, -0.15) is 0 Å². The summed E-state index contributed by atoms with van der Waals surface area (Å²) in [5, 5.41) is 8.76. The van der Waals surface area contributed by atoms with Crippen molar-refractivity contribution in [3.05, 3.63) is 42.1 Å². The zero-order valence-corrected chi connectivity index (χ0v) is 8.99. The van der Waals surface area contributed by atoms with Crippen LogP contribution in [0.2, 0.25) is 0 Å². The van der Waals surface area contributed by atoms with Crippen molar-refractivity contribution in [3.63, 3.8) is 0 Å². The molecule has 0 saturated heterocycles. The minimum atomic E-state index is -1.15. The monoisotopic (exact) mass is 231 g/mol. The van der Waals surface area contributed by atoms with E-state index in [1.807, 2.05) is 0 Å². The molecule has 0 spiro atoms. The number of aryl methyl sites for hydroxylation is 1. The van der Waals surface area contributed by atoms with Gasteiger partial charge in [-0.05, 0) is 19.1 Å². The third kappa shape index (κ3) is 2.54. The number of aromatic carboxylic acids is 1. The average molecular weight is 231 g/mol. The van der Waals surface area contributed by atoms with Gasteiger partial charge in [0, 0.05) is 6.20 Å². The first kappa shape index (κ1) is 11.0. The van der Waals surface area contributed by atoms with Gasteiger partial charge in [0.2, 0.25) is 5.88 Å². The molecule has 2 heterocycles. The molecule has 0 unspecified atom stereocenters. The van der Waals surface area contributed by atoms with E-state index in [-0.39, 0.29) is 11.6 Å². The second kappa shape index (κ2) is 4.56. The Kier molecular flexibility index (Phi) is 2.95. The third-order valence-electron chi connectivity index (χ3n) is 2.00. The summed E-state index contributed by atoms with van der Waals surface area (Å²) in [5.41, 5.74) is 0.527.